The van der Waals surface area contributed by atoms with Crippen molar-refractivity contribution < 1.29 is 14.3 Å². The molecule has 0 bridgehead atoms. The zero-order chi connectivity index (χ0) is 15.4. The highest BCUT2D eigenvalue weighted by Crippen LogP contribution is 2.36. The molecule has 1 rings (SSSR count). The largest absolute Gasteiger partial charge is 0.464 e. The Hall–Kier alpha value is -0.593. The summed E-state index contributed by atoms with van der Waals surface area (Å²) in [6, 6.07) is 0. The van der Waals surface area contributed by atoms with Crippen LogP contribution in [0.15, 0.2) is 0 Å². The molecule has 0 unspecified atom stereocenters. The molecule has 2 N–H and O–H groups in total. The van der Waals surface area contributed by atoms with Gasteiger partial charge in [-0.05, 0) is 43.3 Å². The number of hydrazine groups is 1. The molecule has 1 heterocycles. The van der Waals surface area contributed by atoms with Gasteiger partial charge in [-0.3, -0.25) is 5.43 Å². The van der Waals surface area contributed by atoms with Crippen molar-refractivity contribution in [3.05, 3.63) is 0 Å². The molecule has 1 amide bonds. The van der Waals surface area contributed by atoms with Crippen LogP contribution in [0.5, 0.6) is 0 Å². The van der Waals surface area contributed by atoms with E-state index in [0.717, 1.165) is 39.0 Å². The third kappa shape index (κ3) is 5.42. The lowest BCUT2D eigenvalue weighted by Gasteiger charge is -2.37. The van der Waals surface area contributed by atoms with Crippen LogP contribution in [-0.4, -0.2) is 44.2 Å². The predicted octanol–water partition coefficient (Wildman–Crippen LogP) is 3.29. The van der Waals surface area contributed by atoms with E-state index in [1.807, 2.05) is 0 Å². The molecular weight excluding hydrogens is 272 g/mol. The van der Waals surface area contributed by atoms with E-state index in [1.54, 1.807) is 5.01 Å². The summed E-state index contributed by atoms with van der Waals surface area (Å²) in [7, 11) is -1.63. The summed E-state index contributed by atoms with van der Waals surface area (Å²) in [5.41, 5.74) is 2.43. The number of nitrogens with zero attached hydrogens (tertiary/aromatic N) is 1. The second-order valence-corrected chi connectivity index (χ2v) is 12.1. The number of rotatable bonds is 5. The van der Waals surface area contributed by atoms with Crippen molar-refractivity contribution in [2.24, 2.45) is 5.92 Å². The van der Waals surface area contributed by atoms with Crippen LogP contribution in [0.25, 0.3) is 0 Å². The number of hydrogen-bond acceptors (Lipinski definition) is 3. The zero-order valence-electron chi connectivity index (χ0n) is 13.5. The lowest BCUT2D eigenvalue weighted by Crippen LogP contribution is -2.46. The van der Waals surface area contributed by atoms with Crippen LogP contribution in [0.4, 0.5) is 4.79 Å². The first-order valence-electron chi connectivity index (χ1n) is 7.50. The van der Waals surface area contributed by atoms with Crippen LogP contribution in [0.1, 0.15) is 40.0 Å². The van der Waals surface area contributed by atoms with Crippen molar-refractivity contribution in [2.45, 2.75) is 58.2 Å². The highest BCUT2D eigenvalue weighted by atomic mass is 28.4. The Kier molecular flexibility index (Phi) is 6.03. The van der Waals surface area contributed by atoms with Gasteiger partial charge in [0.15, 0.2) is 8.32 Å². The third-order valence-corrected chi connectivity index (χ3v) is 9.20. The number of piperidine rings is 1. The Bertz CT molecular complexity index is 321. The minimum atomic E-state index is -1.63. The maximum atomic E-state index is 10.6. The first kappa shape index (κ1) is 17.5. The van der Waals surface area contributed by atoms with Gasteiger partial charge in [0, 0.05) is 19.7 Å². The van der Waals surface area contributed by atoms with Crippen LogP contribution >= 0.6 is 0 Å². The summed E-state index contributed by atoms with van der Waals surface area (Å²) in [5.74, 6) is 0.659. The maximum absolute atomic E-state index is 10.6. The molecule has 5 nitrogen and oxygen atoms in total. The fourth-order valence-electron chi connectivity index (χ4n) is 2.17. The number of amides is 1. The Morgan fingerprint density at radius 2 is 1.90 bits per heavy atom. The van der Waals surface area contributed by atoms with Crippen molar-refractivity contribution in [2.75, 3.05) is 19.7 Å². The predicted molar refractivity (Wildman–Crippen MR) is 83.2 cm³/mol. The highest BCUT2D eigenvalue weighted by molar-refractivity contribution is 6.74. The molecular formula is C14H30N2O3Si. The van der Waals surface area contributed by atoms with E-state index in [9.17, 15) is 4.79 Å². The van der Waals surface area contributed by atoms with E-state index in [4.69, 9.17) is 9.53 Å². The van der Waals surface area contributed by atoms with Crippen molar-refractivity contribution in [3.63, 3.8) is 0 Å². The number of hydrogen-bond donors (Lipinski definition) is 2. The van der Waals surface area contributed by atoms with Gasteiger partial charge in [-0.2, -0.15) is 0 Å². The lowest BCUT2D eigenvalue weighted by molar-refractivity contribution is 0.100. The molecule has 0 saturated carbocycles. The molecule has 118 valence electrons. The van der Waals surface area contributed by atoms with Gasteiger partial charge in [0.25, 0.3) is 0 Å². The monoisotopic (exact) mass is 302 g/mol. The van der Waals surface area contributed by atoms with Crippen molar-refractivity contribution in [1.82, 2.24) is 10.4 Å². The van der Waals surface area contributed by atoms with Gasteiger partial charge in [-0.25, -0.2) is 9.80 Å². The van der Waals surface area contributed by atoms with Crippen LogP contribution in [-0.2, 0) is 4.43 Å². The number of carbonyl (C=O) groups is 1. The first-order valence-corrected chi connectivity index (χ1v) is 10.4. The SMILES string of the molecule is CC(C)(C)[Si](C)(C)OCCC1CCN(NC(=O)O)CC1. The standard InChI is InChI=1S/C14H30N2O3Si/c1-14(2,3)20(4,5)19-11-8-12-6-9-16(10-7-12)15-13(17)18/h12,15H,6-11H2,1-5H3,(H,17,18). The fraction of sp³-hybridized carbons (Fsp3) is 0.929. The smallest absolute Gasteiger partial charge is 0.419 e. The van der Waals surface area contributed by atoms with Crippen LogP contribution in [0.2, 0.25) is 18.1 Å². The molecule has 0 aromatic heterocycles. The molecule has 0 spiro atoms. The van der Waals surface area contributed by atoms with E-state index >= 15 is 0 Å². The number of nitrogens with one attached hydrogen (secondary N) is 1. The van der Waals surface area contributed by atoms with Crippen molar-refractivity contribution in [1.29, 1.82) is 0 Å². The Morgan fingerprint density at radius 1 is 1.35 bits per heavy atom. The highest BCUT2D eigenvalue weighted by Gasteiger charge is 2.37. The summed E-state index contributed by atoms with van der Waals surface area (Å²) in [6.07, 6.45) is 2.21. The van der Waals surface area contributed by atoms with Gasteiger partial charge < -0.3 is 9.53 Å². The molecule has 0 radical (unpaired) electrons. The van der Waals surface area contributed by atoms with Gasteiger partial charge in [0.1, 0.15) is 0 Å². The Balaban J connectivity index is 2.24. The van der Waals surface area contributed by atoms with E-state index < -0.39 is 14.4 Å². The van der Waals surface area contributed by atoms with Crippen LogP contribution in [0.3, 0.4) is 0 Å². The van der Waals surface area contributed by atoms with Crippen molar-refractivity contribution in [3.8, 4) is 0 Å². The second kappa shape index (κ2) is 6.91. The molecule has 1 saturated heterocycles. The van der Waals surface area contributed by atoms with Crippen molar-refractivity contribution >= 4 is 14.4 Å². The second-order valence-electron chi connectivity index (χ2n) is 7.24. The normalized spacial score (nSPS) is 19.1. The Labute approximate surface area is 123 Å². The van der Waals surface area contributed by atoms with Gasteiger partial charge in [0.05, 0.1) is 0 Å². The number of carboxylic acid groups (broad SMARTS) is 1. The van der Waals surface area contributed by atoms with Gasteiger partial charge in [-0.1, -0.05) is 20.8 Å². The third-order valence-electron chi connectivity index (χ3n) is 4.66. The summed E-state index contributed by atoms with van der Waals surface area (Å²) in [4.78, 5) is 10.6. The summed E-state index contributed by atoms with van der Waals surface area (Å²) >= 11 is 0. The Morgan fingerprint density at radius 3 is 2.35 bits per heavy atom. The van der Waals surface area contributed by atoms with E-state index in [2.05, 4.69) is 39.3 Å². The molecule has 0 atom stereocenters. The quantitative estimate of drug-likeness (QED) is 0.765. The molecule has 0 aliphatic carbocycles. The summed E-state index contributed by atoms with van der Waals surface area (Å²) in [6.45, 7) is 13.8. The van der Waals surface area contributed by atoms with E-state index in [1.165, 1.54) is 0 Å². The topological polar surface area (TPSA) is 61.8 Å². The molecule has 20 heavy (non-hydrogen) atoms. The van der Waals surface area contributed by atoms with Gasteiger partial charge in [-0.15, -0.1) is 0 Å². The minimum absolute atomic E-state index is 0.266. The molecule has 6 heteroatoms. The molecule has 1 aliphatic rings. The molecule has 0 aromatic rings. The molecule has 1 fully saturated rings. The average Bonchev–Trinajstić information content (AvgIpc) is 2.29. The van der Waals surface area contributed by atoms with Gasteiger partial charge in [0.2, 0.25) is 0 Å². The summed E-state index contributed by atoms with van der Waals surface area (Å²) in [5, 5.41) is 10.7. The summed E-state index contributed by atoms with van der Waals surface area (Å²) < 4.78 is 6.20. The molecule has 0 aromatic carbocycles. The minimum Gasteiger partial charge on any atom is -0.464 e. The first-order chi connectivity index (χ1) is 9.12. The van der Waals surface area contributed by atoms with E-state index in [0.29, 0.717) is 5.92 Å². The fourth-order valence-corrected chi connectivity index (χ4v) is 3.23. The van der Waals surface area contributed by atoms with Crippen LogP contribution in [0, 0.1) is 5.92 Å². The van der Waals surface area contributed by atoms with Crippen LogP contribution < -0.4 is 5.43 Å². The zero-order valence-corrected chi connectivity index (χ0v) is 14.5. The maximum Gasteiger partial charge on any atom is 0.419 e. The van der Waals surface area contributed by atoms with Gasteiger partial charge >= 0.3 is 6.09 Å². The average molecular weight is 302 g/mol. The molecule has 1 aliphatic heterocycles. The lowest BCUT2D eigenvalue weighted by atomic mass is 9.95. The van der Waals surface area contributed by atoms with E-state index in [-0.39, 0.29) is 5.04 Å².